The van der Waals surface area contributed by atoms with Gasteiger partial charge in [-0.3, -0.25) is 9.59 Å². The number of hydrogen-bond acceptors (Lipinski definition) is 7. The maximum Gasteiger partial charge on any atom is 0.262 e. The molecule has 1 fully saturated rings. The van der Waals surface area contributed by atoms with Crippen molar-refractivity contribution in [1.29, 1.82) is 0 Å². The van der Waals surface area contributed by atoms with E-state index in [-0.39, 0.29) is 17.2 Å². The lowest BCUT2D eigenvalue weighted by atomic mass is 9.95. The van der Waals surface area contributed by atoms with Gasteiger partial charge in [0.1, 0.15) is 11.8 Å². The number of benzene rings is 2. The Labute approximate surface area is 295 Å². The Morgan fingerprint density at radius 2 is 1.63 bits per heavy atom. The molecule has 1 saturated heterocycles. The third-order valence-electron chi connectivity index (χ3n) is 8.93. The first-order valence-electron chi connectivity index (χ1n) is 17.7. The maximum absolute atomic E-state index is 13.4. The highest BCUT2D eigenvalue weighted by Gasteiger charge is 2.25. The largest absolute Gasteiger partial charge is 0.494 e. The van der Waals surface area contributed by atoms with Gasteiger partial charge in [0.15, 0.2) is 5.82 Å². The summed E-state index contributed by atoms with van der Waals surface area (Å²) in [6, 6.07) is 19.1. The minimum Gasteiger partial charge on any atom is -0.494 e. The van der Waals surface area contributed by atoms with Crippen molar-refractivity contribution < 1.29 is 14.3 Å². The molecule has 2 aromatic carbocycles. The van der Waals surface area contributed by atoms with E-state index in [4.69, 9.17) is 4.74 Å². The van der Waals surface area contributed by atoms with Crippen LogP contribution in [0.25, 0.3) is 22.5 Å². The molecule has 2 aromatic heterocycles. The van der Waals surface area contributed by atoms with Crippen LogP contribution in [0, 0.1) is 5.92 Å². The summed E-state index contributed by atoms with van der Waals surface area (Å²) in [5, 5.41) is 9.46. The molecule has 0 bridgehead atoms. The number of thiophene rings is 1. The Hall–Kier alpha value is -4.08. The molecule has 260 valence electrons. The molecular weight excluding hydrogens is 631 g/mol. The van der Waals surface area contributed by atoms with Gasteiger partial charge in [-0.05, 0) is 72.7 Å². The van der Waals surface area contributed by atoms with Crippen molar-refractivity contribution in [3.8, 4) is 28.3 Å². The highest BCUT2D eigenvalue weighted by atomic mass is 32.1. The van der Waals surface area contributed by atoms with Gasteiger partial charge in [0.25, 0.3) is 5.91 Å². The summed E-state index contributed by atoms with van der Waals surface area (Å²) in [5.41, 5.74) is 3.74. The zero-order valence-corrected chi connectivity index (χ0v) is 30.2. The minimum absolute atomic E-state index is 0.0468. The Kier molecular flexibility index (Phi) is 13.0. The molecule has 3 heterocycles. The first-order valence-corrected chi connectivity index (χ1v) is 18.6. The van der Waals surface area contributed by atoms with E-state index in [9.17, 15) is 9.59 Å². The SMILES string of the molecule is CCCCCCCOc1ccc(-c2cnc(-c3ccc(C[C@H](NC(=O)c4ccc(C(C)(C)C)s4)C(=O)NC[C@@H]4CCNC4)cc3)nc2)cc1. The summed E-state index contributed by atoms with van der Waals surface area (Å²) in [6.45, 7) is 11.8. The molecule has 3 N–H and O–H groups in total. The molecule has 9 heteroatoms. The summed E-state index contributed by atoms with van der Waals surface area (Å²) in [7, 11) is 0. The quantitative estimate of drug-likeness (QED) is 0.105. The molecule has 5 rings (SSSR count). The van der Waals surface area contributed by atoms with Gasteiger partial charge >= 0.3 is 0 Å². The molecule has 0 aliphatic carbocycles. The van der Waals surface area contributed by atoms with Crippen LogP contribution in [-0.2, 0) is 16.6 Å². The number of ether oxygens (including phenoxy) is 1. The lowest BCUT2D eigenvalue weighted by Gasteiger charge is -2.20. The molecule has 0 unspecified atom stereocenters. The molecule has 49 heavy (non-hydrogen) atoms. The molecule has 8 nitrogen and oxygen atoms in total. The average molecular weight is 682 g/mol. The van der Waals surface area contributed by atoms with E-state index in [1.54, 1.807) is 0 Å². The van der Waals surface area contributed by atoms with Crippen molar-refractivity contribution in [2.24, 2.45) is 5.92 Å². The first kappa shape index (κ1) is 36.2. The van der Waals surface area contributed by atoms with E-state index in [2.05, 4.69) is 53.6 Å². The van der Waals surface area contributed by atoms with Crippen LogP contribution in [0.1, 0.15) is 86.3 Å². The number of carbonyl (C=O) groups is 2. The molecule has 2 amide bonds. The van der Waals surface area contributed by atoms with Gasteiger partial charge in [0.05, 0.1) is 11.5 Å². The second kappa shape index (κ2) is 17.5. The van der Waals surface area contributed by atoms with Gasteiger partial charge in [0.2, 0.25) is 5.91 Å². The average Bonchev–Trinajstić information content (AvgIpc) is 3.83. The summed E-state index contributed by atoms with van der Waals surface area (Å²) < 4.78 is 5.91. The number of amides is 2. The molecule has 1 aliphatic rings. The van der Waals surface area contributed by atoms with E-state index in [1.165, 1.54) is 37.0 Å². The van der Waals surface area contributed by atoms with E-state index < -0.39 is 6.04 Å². The van der Waals surface area contributed by atoms with Gasteiger partial charge in [-0.1, -0.05) is 89.8 Å². The van der Waals surface area contributed by atoms with E-state index >= 15 is 0 Å². The summed E-state index contributed by atoms with van der Waals surface area (Å²) in [5.74, 6) is 1.51. The van der Waals surface area contributed by atoms with Crippen LogP contribution >= 0.6 is 11.3 Å². The first-order chi connectivity index (χ1) is 23.7. The number of rotatable bonds is 16. The third-order valence-corrected chi connectivity index (χ3v) is 10.4. The number of nitrogens with zero attached hydrogens (tertiary/aromatic N) is 2. The van der Waals surface area contributed by atoms with Gasteiger partial charge in [-0.2, -0.15) is 0 Å². The molecule has 0 spiro atoms. The number of nitrogens with one attached hydrogen (secondary N) is 3. The Morgan fingerprint density at radius 1 is 0.918 bits per heavy atom. The van der Waals surface area contributed by atoms with Gasteiger partial charge in [0, 0.05) is 41.4 Å². The number of aromatic nitrogens is 2. The summed E-state index contributed by atoms with van der Waals surface area (Å²) >= 11 is 1.48. The van der Waals surface area contributed by atoms with E-state index in [1.807, 2.05) is 73.1 Å². The molecule has 0 radical (unpaired) electrons. The zero-order valence-electron chi connectivity index (χ0n) is 29.4. The maximum atomic E-state index is 13.4. The fourth-order valence-electron chi connectivity index (χ4n) is 5.85. The highest BCUT2D eigenvalue weighted by molar-refractivity contribution is 7.14. The Morgan fingerprint density at radius 3 is 2.29 bits per heavy atom. The van der Waals surface area contributed by atoms with Crippen LogP contribution in [0.5, 0.6) is 5.75 Å². The second-order valence-electron chi connectivity index (χ2n) is 14.0. The van der Waals surface area contributed by atoms with Gasteiger partial charge < -0.3 is 20.7 Å². The highest BCUT2D eigenvalue weighted by Crippen LogP contribution is 2.29. The van der Waals surface area contributed by atoms with Crippen LogP contribution < -0.4 is 20.7 Å². The molecule has 0 saturated carbocycles. The van der Waals surface area contributed by atoms with Crippen molar-refractivity contribution >= 4 is 23.2 Å². The monoisotopic (exact) mass is 681 g/mol. The van der Waals surface area contributed by atoms with Crippen molar-refractivity contribution in [2.75, 3.05) is 26.2 Å². The number of unbranched alkanes of at least 4 members (excludes halogenated alkanes) is 4. The van der Waals surface area contributed by atoms with Gasteiger partial charge in [-0.25, -0.2) is 9.97 Å². The number of carbonyl (C=O) groups excluding carboxylic acids is 2. The van der Waals surface area contributed by atoms with Crippen LogP contribution in [0.3, 0.4) is 0 Å². The minimum atomic E-state index is -0.703. The summed E-state index contributed by atoms with van der Waals surface area (Å²) in [4.78, 5) is 37.7. The Bertz CT molecular complexity index is 1620. The predicted molar refractivity (Wildman–Crippen MR) is 199 cm³/mol. The second-order valence-corrected chi connectivity index (χ2v) is 15.1. The van der Waals surface area contributed by atoms with Crippen LogP contribution in [-0.4, -0.2) is 54.1 Å². The normalized spacial score (nSPS) is 15.1. The number of hydrogen-bond donors (Lipinski definition) is 3. The lowest BCUT2D eigenvalue weighted by molar-refractivity contribution is -0.123. The van der Waals surface area contributed by atoms with Crippen molar-refractivity contribution in [1.82, 2.24) is 25.9 Å². The summed E-state index contributed by atoms with van der Waals surface area (Å²) in [6.07, 6.45) is 11.2. The smallest absolute Gasteiger partial charge is 0.262 e. The molecule has 2 atom stereocenters. The molecule has 4 aromatic rings. The zero-order chi connectivity index (χ0) is 34.6. The van der Waals surface area contributed by atoms with Crippen molar-refractivity contribution in [2.45, 2.75) is 84.1 Å². The predicted octanol–water partition coefficient (Wildman–Crippen LogP) is 7.59. The van der Waals surface area contributed by atoms with Crippen LogP contribution in [0.2, 0.25) is 0 Å². The Balaban J connectivity index is 1.20. The van der Waals surface area contributed by atoms with Crippen LogP contribution in [0.15, 0.2) is 73.1 Å². The fourth-order valence-corrected chi connectivity index (χ4v) is 6.82. The van der Waals surface area contributed by atoms with Crippen molar-refractivity contribution in [3.05, 3.63) is 88.4 Å². The van der Waals surface area contributed by atoms with E-state index in [0.29, 0.717) is 29.6 Å². The van der Waals surface area contributed by atoms with Crippen molar-refractivity contribution in [3.63, 3.8) is 0 Å². The van der Waals surface area contributed by atoms with E-state index in [0.717, 1.165) is 65.4 Å². The topological polar surface area (TPSA) is 105 Å². The third kappa shape index (κ3) is 10.7. The lowest BCUT2D eigenvalue weighted by Crippen LogP contribution is -2.49. The standard InChI is InChI=1S/C40H51N5O3S/c1-5-6-7-8-9-22-48-33-16-14-30(15-17-33)32-26-42-37(43-27-32)31-12-10-28(11-13-31)23-34(38(46)44-25-29-20-21-41-24-29)45-39(47)35-18-19-36(49-35)40(2,3)4/h10-19,26-27,29,34,41H,5-9,20-25H2,1-4H3,(H,44,46)(H,45,47)/t29-,34+/m1/s1. The van der Waals surface area contributed by atoms with Crippen LogP contribution in [0.4, 0.5) is 0 Å². The van der Waals surface area contributed by atoms with Gasteiger partial charge in [-0.15, -0.1) is 11.3 Å². The fraction of sp³-hybridized carbons (Fsp3) is 0.450. The molecular formula is C40H51N5O3S. The molecule has 1 aliphatic heterocycles.